The number of likely N-dealkylation sites (tertiary alicyclic amines) is 1. The maximum Gasteiger partial charge on any atom is 0.416 e. The van der Waals surface area contributed by atoms with Gasteiger partial charge in [-0.15, -0.1) is 0 Å². The van der Waals surface area contributed by atoms with Gasteiger partial charge in [0.2, 0.25) is 11.9 Å². The van der Waals surface area contributed by atoms with Crippen molar-refractivity contribution in [2.75, 3.05) is 30.3 Å². The number of aryl methyl sites for hydroxylation is 1. The number of aromatic amines is 1. The minimum Gasteiger partial charge on any atom is -0.353 e. The van der Waals surface area contributed by atoms with Crippen molar-refractivity contribution >= 4 is 17.5 Å². The van der Waals surface area contributed by atoms with Gasteiger partial charge in [0.1, 0.15) is 0 Å². The number of amides is 1. The summed E-state index contributed by atoms with van der Waals surface area (Å²) >= 11 is 0. The minimum absolute atomic E-state index is 0.101. The highest BCUT2D eigenvalue weighted by Crippen LogP contribution is 2.30. The second-order valence-corrected chi connectivity index (χ2v) is 7.26. The van der Waals surface area contributed by atoms with Crippen LogP contribution in [0.25, 0.3) is 0 Å². The number of benzene rings is 1. The molecule has 2 heterocycles. The Morgan fingerprint density at radius 3 is 2.67 bits per heavy atom. The highest BCUT2D eigenvalue weighted by molar-refractivity contribution is 5.92. The van der Waals surface area contributed by atoms with E-state index >= 15 is 0 Å². The molecular weight excluding hydrogens is 399 g/mol. The Labute approximate surface area is 171 Å². The fourth-order valence-electron chi connectivity index (χ4n) is 3.36. The zero-order valence-electron chi connectivity index (χ0n) is 16.6. The Morgan fingerprint density at radius 2 is 2.00 bits per heavy atom. The average Bonchev–Trinajstić information content (AvgIpc) is 2.68. The molecule has 0 radical (unpaired) electrons. The van der Waals surface area contributed by atoms with Crippen LogP contribution in [0.2, 0.25) is 0 Å². The molecule has 0 atom stereocenters. The summed E-state index contributed by atoms with van der Waals surface area (Å²) in [5.74, 6) is 0.0856. The monoisotopic (exact) mass is 423 g/mol. The predicted molar refractivity (Wildman–Crippen MR) is 107 cm³/mol. The summed E-state index contributed by atoms with van der Waals surface area (Å²) in [4.78, 5) is 32.9. The van der Waals surface area contributed by atoms with E-state index in [4.69, 9.17) is 0 Å². The Hall–Kier alpha value is -2.88. The number of piperidine rings is 1. The number of aromatic nitrogens is 2. The van der Waals surface area contributed by atoms with E-state index in [1.54, 1.807) is 0 Å². The largest absolute Gasteiger partial charge is 0.416 e. The molecule has 3 N–H and O–H groups in total. The summed E-state index contributed by atoms with van der Waals surface area (Å²) in [6.07, 6.45) is -2.29. The molecule has 162 valence electrons. The highest BCUT2D eigenvalue weighted by atomic mass is 19.4. The molecule has 10 heteroatoms. The van der Waals surface area contributed by atoms with Crippen molar-refractivity contribution in [3.63, 3.8) is 0 Å². The van der Waals surface area contributed by atoms with Crippen LogP contribution in [0.15, 0.2) is 35.1 Å². The van der Waals surface area contributed by atoms with Crippen LogP contribution in [-0.4, -0.2) is 46.5 Å². The molecule has 7 nitrogen and oxygen atoms in total. The first-order chi connectivity index (χ1) is 14.2. The molecule has 0 aliphatic carbocycles. The average molecular weight is 423 g/mol. The summed E-state index contributed by atoms with van der Waals surface area (Å²) in [6.45, 7) is 3.31. The number of nitrogens with one attached hydrogen (secondary N) is 3. The zero-order valence-corrected chi connectivity index (χ0v) is 16.6. The molecule has 1 saturated heterocycles. The van der Waals surface area contributed by atoms with Gasteiger partial charge in [-0.25, -0.2) is 4.98 Å². The first-order valence-corrected chi connectivity index (χ1v) is 9.79. The number of hydrogen-bond donors (Lipinski definition) is 3. The molecule has 1 aromatic carbocycles. The lowest BCUT2D eigenvalue weighted by Crippen LogP contribution is -2.43. The van der Waals surface area contributed by atoms with Gasteiger partial charge in [-0.2, -0.15) is 13.2 Å². The van der Waals surface area contributed by atoms with Gasteiger partial charge in [0, 0.05) is 36.6 Å². The van der Waals surface area contributed by atoms with Gasteiger partial charge in [0.15, 0.2) is 0 Å². The Balaban J connectivity index is 1.48. The predicted octanol–water partition coefficient (Wildman–Crippen LogP) is 2.87. The van der Waals surface area contributed by atoms with Crippen molar-refractivity contribution in [2.45, 2.75) is 38.4 Å². The molecule has 0 bridgehead atoms. The molecule has 0 spiro atoms. The van der Waals surface area contributed by atoms with E-state index in [1.165, 1.54) is 18.2 Å². The van der Waals surface area contributed by atoms with Crippen LogP contribution >= 0.6 is 0 Å². The number of carbonyl (C=O) groups excluding carboxylic acids is 1. The van der Waals surface area contributed by atoms with Crippen molar-refractivity contribution < 1.29 is 18.0 Å². The molecule has 1 aliphatic heterocycles. The molecule has 0 saturated carbocycles. The van der Waals surface area contributed by atoms with E-state index in [0.717, 1.165) is 25.0 Å². The van der Waals surface area contributed by atoms with E-state index in [-0.39, 0.29) is 29.7 Å². The van der Waals surface area contributed by atoms with Gasteiger partial charge < -0.3 is 10.6 Å². The first-order valence-electron chi connectivity index (χ1n) is 9.79. The molecule has 1 aliphatic rings. The Morgan fingerprint density at radius 1 is 1.27 bits per heavy atom. The third-order valence-electron chi connectivity index (χ3n) is 4.93. The summed E-state index contributed by atoms with van der Waals surface area (Å²) in [5, 5.41) is 5.76. The standard InChI is InChI=1S/C20H24F3N5O2/c1-2-14-11-17(29)27-19(25-14)26-15-6-8-28(9-7-15)12-18(30)24-16-5-3-4-13(10-16)20(21,22)23/h3-5,10-11,15H,2,6-9,12H2,1H3,(H,24,30)(H2,25,26,27,29). The van der Waals surface area contributed by atoms with E-state index in [9.17, 15) is 22.8 Å². The Kier molecular flexibility index (Phi) is 6.76. The first kappa shape index (κ1) is 21.8. The number of halogens is 3. The third-order valence-corrected chi connectivity index (χ3v) is 4.93. The summed E-state index contributed by atoms with van der Waals surface area (Å²) < 4.78 is 38.4. The normalized spacial score (nSPS) is 15.7. The SMILES string of the molecule is CCc1cc(=O)[nH]c(NC2CCN(CC(=O)Nc3cccc(C(F)(F)F)c3)CC2)n1. The van der Waals surface area contributed by atoms with E-state index in [0.29, 0.717) is 31.2 Å². The topological polar surface area (TPSA) is 90.1 Å². The lowest BCUT2D eigenvalue weighted by molar-refractivity contribution is -0.137. The van der Waals surface area contributed by atoms with E-state index in [1.807, 2.05) is 11.8 Å². The van der Waals surface area contributed by atoms with Crippen LogP contribution in [0.5, 0.6) is 0 Å². The fourth-order valence-corrected chi connectivity index (χ4v) is 3.36. The number of hydrogen-bond acceptors (Lipinski definition) is 5. The van der Waals surface area contributed by atoms with Crippen molar-refractivity contribution in [1.29, 1.82) is 0 Å². The molecule has 3 rings (SSSR count). The second kappa shape index (κ2) is 9.29. The van der Waals surface area contributed by atoms with Crippen molar-refractivity contribution in [2.24, 2.45) is 0 Å². The molecule has 0 unspecified atom stereocenters. The number of nitrogens with zero attached hydrogens (tertiary/aromatic N) is 2. The van der Waals surface area contributed by atoms with Crippen LogP contribution < -0.4 is 16.2 Å². The quantitative estimate of drug-likeness (QED) is 0.665. The lowest BCUT2D eigenvalue weighted by atomic mass is 10.1. The number of rotatable bonds is 6. The second-order valence-electron chi connectivity index (χ2n) is 7.26. The van der Waals surface area contributed by atoms with Gasteiger partial charge >= 0.3 is 6.18 Å². The molecular formula is C20H24F3N5O2. The molecule has 1 fully saturated rings. The molecule has 1 amide bonds. The van der Waals surface area contributed by atoms with Crippen molar-refractivity contribution in [3.8, 4) is 0 Å². The smallest absolute Gasteiger partial charge is 0.353 e. The lowest BCUT2D eigenvalue weighted by Gasteiger charge is -2.32. The minimum atomic E-state index is -4.45. The number of H-pyrrole nitrogens is 1. The Bertz CT molecular complexity index is 937. The van der Waals surface area contributed by atoms with E-state index in [2.05, 4.69) is 20.6 Å². The van der Waals surface area contributed by atoms with Gasteiger partial charge in [-0.3, -0.25) is 19.5 Å². The van der Waals surface area contributed by atoms with Crippen LogP contribution in [0, 0.1) is 0 Å². The van der Waals surface area contributed by atoms with E-state index < -0.39 is 11.7 Å². The van der Waals surface area contributed by atoms with Gasteiger partial charge in [0.25, 0.3) is 5.56 Å². The number of carbonyl (C=O) groups is 1. The summed E-state index contributed by atoms with van der Waals surface area (Å²) in [6, 6.07) is 6.17. The van der Waals surface area contributed by atoms with Crippen LogP contribution in [0.1, 0.15) is 31.0 Å². The van der Waals surface area contributed by atoms with Gasteiger partial charge in [0.05, 0.1) is 12.1 Å². The molecule has 30 heavy (non-hydrogen) atoms. The summed E-state index contributed by atoms with van der Waals surface area (Å²) in [7, 11) is 0. The number of alkyl halides is 3. The van der Waals surface area contributed by atoms with Crippen LogP contribution in [-0.2, 0) is 17.4 Å². The van der Waals surface area contributed by atoms with Gasteiger partial charge in [-0.1, -0.05) is 13.0 Å². The fraction of sp³-hybridized carbons (Fsp3) is 0.450. The zero-order chi connectivity index (χ0) is 21.7. The van der Waals surface area contributed by atoms with Crippen LogP contribution in [0.3, 0.4) is 0 Å². The molecule has 2 aromatic rings. The van der Waals surface area contributed by atoms with Gasteiger partial charge in [-0.05, 0) is 37.5 Å². The van der Waals surface area contributed by atoms with Crippen LogP contribution in [0.4, 0.5) is 24.8 Å². The third kappa shape index (κ3) is 6.06. The number of anilines is 2. The maximum atomic E-state index is 12.8. The van der Waals surface area contributed by atoms with Crippen molar-refractivity contribution in [1.82, 2.24) is 14.9 Å². The molecule has 1 aromatic heterocycles. The van der Waals surface area contributed by atoms with Crippen molar-refractivity contribution in [3.05, 3.63) is 51.9 Å². The maximum absolute atomic E-state index is 12.8. The highest BCUT2D eigenvalue weighted by Gasteiger charge is 2.30. The summed E-state index contributed by atoms with van der Waals surface area (Å²) in [5.41, 5.74) is -0.166.